The Morgan fingerprint density at radius 1 is 1.18 bits per heavy atom. The molecule has 0 bridgehead atoms. The zero-order chi connectivity index (χ0) is 15.7. The summed E-state index contributed by atoms with van der Waals surface area (Å²) in [6, 6.07) is 3.77. The van der Waals surface area contributed by atoms with E-state index in [0.29, 0.717) is 0 Å². The molecule has 3 heterocycles. The number of hydrogen-bond acceptors (Lipinski definition) is 4. The first-order valence-corrected chi connectivity index (χ1v) is 8.00. The minimum atomic E-state index is 0.728. The Balaban J connectivity index is 1.62. The third kappa shape index (κ3) is 2.96. The number of hydrogen-bond donors (Lipinski definition) is 0. The van der Waals surface area contributed by atoms with E-state index in [-0.39, 0.29) is 0 Å². The van der Waals surface area contributed by atoms with E-state index < -0.39 is 0 Å². The van der Waals surface area contributed by atoms with Crippen LogP contribution in [0.15, 0.2) is 18.3 Å². The number of piperazine rings is 1. The maximum Gasteiger partial charge on any atom is 0.147 e. The highest BCUT2D eigenvalue weighted by molar-refractivity contribution is 6.32. The van der Waals surface area contributed by atoms with E-state index in [1.165, 1.54) is 5.69 Å². The Morgan fingerprint density at radius 2 is 1.91 bits per heavy atom. The van der Waals surface area contributed by atoms with Crippen LogP contribution in [0.25, 0.3) is 0 Å². The number of nitrogens with zero attached hydrogens (tertiary/aromatic N) is 5. The van der Waals surface area contributed by atoms with Crippen LogP contribution in [0.3, 0.4) is 0 Å². The van der Waals surface area contributed by atoms with Crippen LogP contribution in [0.2, 0.25) is 5.02 Å². The first-order chi connectivity index (χ1) is 10.6. The molecule has 118 valence electrons. The van der Waals surface area contributed by atoms with Gasteiger partial charge in [-0.05, 0) is 26.0 Å². The monoisotopic (exact) mass is 319 g/mol. The highest BCUT2D eigenvalue weighted by Gasteiger charge is 2.21. The van der Waals surface area contributed by atoms with Crippen LogP contribution in [0.5, 0.6) is 0 Å². The van der Waals surface area contributed by atoms with Gasteiger partial charge >= 0.3 is 0 Å². The first kappa shape index (κ1) is 15.3. The molecule has 2 aromatic rings. The van der Waals surface area contributed by atoms with Crippen molar-refractivity contribution in [2.75, 3.05) is 31.1 Å². The van der Waals surface area contributed by atoms with Crippen molar-refractivity contribution < 1.29 is 0 Å². The maximum atomic E-state index is 6.23. The number of aryl methyl sites for hydroxylation is 1. The fraction of sp³-hybridized carbons (Fsp3) is 0.500. The van der Waals surface area contributed by atoms with Crippen LogP contribution in [-0.4, -0.2) is 45.6 Å². The van der Waals surface area contributed by atoms with Gasteiger partial charge in [-0.15, -0.1) is 0 Å². The predicted molar refractivity (Wildman–Crippen MR) is 89.4 cm³/mol. The molecule has 0 aromatic carbocycles. The lowest BCUT2D eigenvalue weighted by molar-refractivity contribution is 0.241. The Morgan fingerprint density at radius 3 is 2.50 bits per heavy atom. The van der Waals surface area contributed by atoms with Gasteiger partial charge in [-0.2, -0.15) is 0 Å². The molecule has 1 aliphatic heterocycles. The second kappa shape index (κ2) is 6.26. The normalized spacial score (nSPS) is 16.3. The third-order valence-corrected chi connectivity index (χ3v) is 4.78. The van der Waals surface area contributed by atoms with Gasteiger partial charge in [0.25, 0.3) is 0 Å². The molecule has 1 saturated heterocycles. The van der Waals surface area contributed by atoms with Crippen molar-refractivity contribution in [2.45, 2.75) is 20.4 Å². The van der Waals surface area contributed by atoms with E-state index in [2.05, 4.69) is 45.2 Å². The van der Waals surface area contributed by atoms with Crippen molar-refractivity contribution in [3.63, 3.8) is 0 Å². The molecule has 0 N–H and O–H groups in total. The zero-order valence-corrected chi connectivity index (χ0v) is 14.1. The van der Waals surface area contributed by atoms with Crippen LogP contribution >= 0.6 is 11.6 Å². The molecular formula is C16H22ClN5. The summed E-state index contributed by atoms with van der Waals surface area (Å²) in [6.45, 7) is 8.97. The van der Waals surface area contributed by atoms with Gasteiger partial charge in [-0.25, -0.2) is 9.97 Å². The van der Waals surface area contributed by atoms with Crippen LogP contribution in [0.1, 0.15) is 17.2 Å². The van der Waals surface area contributed by atoms with Gasteiger partial charge < -0.3 is 9.47 Å². The zero-order valence-electron chi connectivity index (χ0n) is 13.4. The van der Waals surface area contributed by atoms with E-state index in [4.69, 9.17) is 11.6 Å². The molecule has 3 rings (SSSR count). The summed E-state index contributed by atoms with van der Waals surface area (Å²) in [5, 5.41) is 0.728. The van der Waals surface area contributed by atoms with Crippen molar-refractivity contribution in [1.29, 1.82) is 0 Å². The number of rotatable bonds is 3. The average molecular weight is 320 g/mol. The molecule has 5 nitrogen and oxygen atoms in total. The summed E-state index contributed by atoms with van der Waals surface area (Å²) >= 11 is 6.23. The second-order valence-corrected chi connectivity index (χ2v) is 6.24. The Bertz CT molecular complexity index is 659. The minimum absolute atomic E-state index is 0.728. The molecule has 22 heavy (non-hydrogen) atoms. The van der Waals surface area contributed by atoms with Crippen molar-refractivity contribution in [1.82, 2.24) is 19.4 Å². The summed E-state index contributed by atoms with van der Waals surface area (Å²) in [4.78, 5) is 13.8. The summed E-state index contributed by atoms with van der Waals surface area (Å²) in [6.07, 6.45) is 1.80. The largest absolute Gasteiger partial charge is 0.353 e. The predicted octanol–water partition coefficient (Wildman–Crippen LogP) is 2.41. The van der Waals surface area contributed by atoms with Crippen LogP contribution < -0.4 is 4.90 Å². The quantitative estimate of drug-likeness (QED) is 0.870. The number of imidazole rings is 1. The topological polar surface area (TPSA) is 37.2 Å². The summed E-state index contributed by atoms with van der Waals surface area (Å²) < 4.78 is 2.19. The molecule has 0 aliphatic carbocycles. The number of anilines is 1. The van der Waals surface area contributed by atoms with Crippen LogP contribution in [0.4, 0.5) is 5.82 Å². The molecule has 6 heteroatoms. The van der Waals surface area contributed by atoms with Gasteiger partial charge in [0.05, 0.1) is 17.3 Å². The van der Waals surface area contributed by atoms with Crippen LogP contribution in [0, 0.1) is 13.8 Å². The SMILES string of the molecule is Cc1nc(CN2CCN(c3ncccc3Cl)CC2)n(C)c1C. The first-order valence-electron chi connectivity index (χ1n) is 7.63. The van der Waals surface area contributed by atoms with Gasteiger partial charge in [-0.1, -0.05) is 11.6 Å². The Labute approximate surface area is 136 Å². The van der Waals surface area contributed by atoms with Gasteiger partial charge in [0.1, 0.15) is 11.6 Å². The Kier molecular flexibility index (Phi) is 4.36. The van der Waals surface area contributed by atoms with Crippen molar-refractivity contribution in [2.24, 2.45) is 7.05 Å². The maximum absolute atomic E-state index is 6.23. The molecule has 1 aliphatic rings. The van der Waals surface area contributed by atoms with Gasteiger partial charge in [0, 0.05) is 45.1 Å². The van der Waals surface area contributed by atoms with Crippen molar-refractivity contribution in [3.05, 3.63) is 40.6 Å². The molecular weight excluding hydrogens is 298 g/mol. The molecule has 0 spiro atoms. The highest BCUT2D eigenvalue weighted by Crippen LogP contribution is 2.23. The smallest absolute Gasteiger partial charge is 0.147 e. The standard InChI is InChI=1S/C16H22ClN5/c1-12-13(2)20(3)15(19-12)11-21-7-9-22(10-8-21)16-14(17)5-4-6-18-16/h4-6H,7-11H2,1-3H3. The second-order valence-electron chi connectivity index (χ2n) is 5.83. The molecule has 0 unspecified atom stereocenters. The van der Waals surface area contributed by atoms with Crippen molar-refractivity contribution >= 4 is 17.4 Å². The Hall–Kier alpha value is -1.59. The molecule has 0 radical (unpaired) electrons. The minimum Gasteiger partial charge on any atom is -0.353 e. The lowest BCUT2D eigenvalue weighted by Crippen LogP contribution is -2.46. The molecule has 0 saturated carbocycles. The third-order valence-electron chi connectivity index (χ3n) is 4.49. The number of aromatic nitrogens is 3. The molecule has 0 amide bonds. The van der Waals surface area contributed by atoms with Crippen LogP contribution in [-0.2, 0) is 13.6 Å². The average Bonchev–Trinajstić information content (AvgIpc) is 2.76. The molecule has 2 aromatic heterocycles. The van der Waals surface area contributed by atoms with Gasteiger partial charge in [0.15, 0.2) is 0 Å². The van der Waals surface area contributed by atoms with E-state index in [9.17, 15) is 0 Å². The lowest BCUT2D eigenvalue weighted by atomic mass is 10.3. The lowest BCUT2D eigenvalue weighted by Gasteiger charge is -2.35. The van der Waals surface area contributed by atoms with Gasteiger partial charge in [0.2, 0.25) is 0 Å². The summed E-state index contributed by atoms with van der Waals surface area (Å²) in [5.41, 5.74) is 2.37. The van der Waals surface area contributed by atoms with Gasteiger partial charge in [-0.3, -0.25) is 4.90 Å². The fourth-order valence-electron chi connectivity index (χ4n) is 2.86. The van der Waals surface area contributed by atoms with Crippen molar-refractivity contribution in [3.8, 4) is 0 Å². The fourth-order valence-corrected chi connectivity index (χ4v) is 3.10. The molecule has 0 atom stereocenters. The van der Waals surface area contributed by atoms with E-state index in [1.54, 1.807) is 6.20 Å². The van der Waals surface area contributed by atoms with E-state index in [0.717, 1.165) is 55.1 Å². The highest BCUT2D eigenvalue weighted by atomic mass is 35.5. The molecule has 1 fully saturated rings. The number of halogens is 1. The number of pyridine rings is 1. The summed E-state index contributed by atoms with van der Waals surface area (Å²) in [7, 11) is 2.09. The van der Waals surface area contributed by atoms with E-state index >= 15 is 0 Å². The van der Waals surface area contributed by atoms with E-state index in [1.807, 2.05) is 12.1 Å². The summed E-state index contributed by atoms with van der Waals surface area (Å²) in [5.74, 6) is 2.03.